The summed E-state index contributed by atoms with van der Waals surface area (Å²) in [6.07, 6.45) is 0. The molecule has 2 aromatic rings. The Labute approximate surface area is 157 Å². The molecule has 0 aliphatic rings. The van der Waals surface area contributed by atoms with E-state index >= 15 is 0 Å². The molecular formula is C19H19ClN2O4. The zero-order chi connectivity index (χ0) is 18.9. The molecule has 0 atom stereocenters. The molecule has 7 heteroatoms. The lowest BCUT2D eigenvalue weighted by molar-refractivity contribution is -0.118. The molecule has 0 radical (unpaired) electrons. The van der Waals surface area contributed by atoms with Crippen molar-refractivity contribution in [3.63, 3.8) is 0 Å². The molecule has 0 bridgehead atoms. The van der Waals surface area contributed by atoms with E-state index in [1.54, 1.807) is 36.4 Å². The van der Waals surface area contributed by atoms with Crippen LogP contribution in [0.1, 0.15) is 19.4 Å². The number of hydrogen-bond donors (Lipinski definition) is 1. The lowest BCUT2D eigenvalue weighted by atomic mass is 10.1. The summed E-state index contributed by atoms with van der Waals surface area (Å²) in [6, 6.07) is 11.8. The van der Waals surface area contributed by atoms with Gasteiger partial charge in [0, 0.05) is 17.2 Å². The molecule has 2 rings (SSSR count). The number of hydrogen-bond acceptors (Lipinski definition) is 5. The van der Waals surface area contributed by atoms with Crippen molar-refractivity contribution in [1.29, 1.82) is 5.26 Å². The molecule has 0 unspecified atom stereocenters. The van der Waals surface area contributed by atoms with Gasteiger partial charge in [0.25, 0.3) is 5.91 Å². The summed E-state index contributed by atoms with van der Waals surface area (Å²) in [6.45, 7) is 4.34. The molecule has 0 saturated carbocycles. The Morgan fingerprint density at radius 3 is 2.27 bits per heavy atom. The number of carbonyl (C=O) groups excluding carboxylic acids is 1. The fraction of sp³-hybridized carbons (Fsp3) is 0.263. The minimum absolute atomic E-state index is 0.205. The molecule has 0 spiro atoms. The summed E-state index contributed by atoms with van der Waals surface area (Å²) in [4.78, 5) is 12.2. The van der Waals surface area contributed by atoms with Gasteiger partial charge in [-0.1, -0.05) is 11.6 Å². The third kappa shape index (κ3) is 5.30. The number of amides is 1. The van der Waals surface area contributed by atoms with E-state index in [0.717, 1.165) is 0 Å². The van der Waals surface area contributed by atoms with Gasteiger partial charge in [0.1, 0.15) is 11.8 Å². The Kier molecular flexibility index (Phi) is 7.12. The van der Waals surface area contributed by atoms with Crippen molar-refractivity contribution in [2.75, 3.05) is 25.1 Å². The van der Waals surface area contributed by atoms with Gasteiger partial charge >= 0.3 is 0 Å². The number of anilines is 1. The predicted molar refractivity (Wildman–Crippen MR) is 99.1 cm³/mol. The molecular weight excluding hydrogens is 356 g/mol. The number of rotatable bonds is 8. The van der Waals surface area contributed by atoms with Crippen LogP contribution in [0.4, 0.5) is 5.69 Å². The van der Waals surface area contributed by atoms with Gasteiger partial charge in [-0.3, -0.25) is 4.79 Å². The van der Waals surface area contributed by atoms with Crippen LogP contribution in [-0.4, -0.2) is 25.7 Å². The van der Waals surface area contributed by atoms with Crippen LogP contribution in [0.25, 0.3) is 0 Å². The number of ether oxygens (including phenoxy) is 3. The summed E-state index contributed by atoms with van der Waals surface area (Å²) < 4.78 is 16.4. The van der Waals surface area contributed by atoms with E-state index in [4.69, 9.17) is 25.8 Å². The topological polar surface area (TPSA) is 80.6 Å². The van der Waals surface area contributed by atoms with Crippen molar-refractivity contribution in [1.82, 2.24) is 0 Å². The van der Waals surface area contributed by atoms with Crippen LogP contribution in [-0.2, 0) is 4.79 Å². The van der Waals surface area contributed by atoms with Gasteiger partial charge in [0.05, 0.1) is 24.5 Å². The van der Waals surface area contributed by atoms with Crippen molar-refractivity contribution >= 4 is 23.2 Å². The predicted octanol–water partition coefficient (Wildman–Crippen LogP) is 4.03. The molecule has 0 fully saturated rings. The summed E-state index contributed by atoms with van der Waals surface area (Å²) >= 11 is 5.80. The van der Waals surface area contributed by atoms with Crippen LogP contribution >= 0.6 is 11.6 Å². The molecule has 6 nitrogen and oxygen atoms in total. The second-order valence-corrected chi connectivity index (χ2v) is 5.55. The SMILES string of the molecule is CCOc1cc(C#N)c(NC(=O)COc2ccc(Cl)cc2)cc1OCC. The Morgan fingerprint density at radius 1 is 1.08 bits per heavy atom. The molecule has 0 aromatic heterocycles. The van der Waals surface area contributed by atoms with E-state index in [1.807, 2.05) is 19.9 Å². The fourth-order valence-corrected chi connectivity index (χ4v) is 2.28. The number of benzene rings is 2. The summed E-state index contributed by atoms with van der Waals surface area (Å²) in [7, 11) is 0. The molecule has 1 amide bonds. The molecule has 0 saturated heterocycles. The molecule has 136 valence electrons. The third-order valence-electron chi connectivity index (χ3n) is 3.26. The number of nitriles is 1. The van der Waals surface area contributed by atoms with Crippen molar-refractivity contribution in [3.05, 3.63) is 47.0 Å². The van der Waals surface area contributed by atoms with Gasteiger partial charge < -0.3 is 19.5 Å². The van der Waals surface area contributed by atoms with Crippen LogP contribution in [0.2, 0.25) is 5.02 Å². The Hall–Kier alpha value is -2.91. The first-order chi connectivity index (χ1) is 12.6. The summed E-state index contributed by atoms with van der Waals surface area (Å²) in [5, 5.41) is 12.6. The monoisotopic (exact) mass is 374 g/mol. The van der Waals surface area contributed by atoms with E-state index in [2.05, 4.69) is 5.32 Å². The van der Waals surface area contributed by atoms with Gasteiger partial charge in [-0.15, -0.1) is 0 Å². The third-order valence-corrected chi connectivity index (χ3v) is 3.51. The minimum atomic E-state index is -0.400. The van der Waals surface area contributed by atoms with Crippen molar-refractivity contribution in [2.24, 2.45) is 0 Å². The smallest absolute Gasteiger partial charge is 0.262 e. The standard InChI is InChI=1S/C19H19ClN2O4/c1-3-24-17-9-13(11-21)16(10-18(17)25-4-2)22-19(23)12-26-15-7-5-14(20)6-8-15/h5-10H,3-4,12H2,1-2H3,(H,22,23). The van der Waals surface area contributed by atoms with Gasteiger partial charge in [-0.05, 0) is 38.1 Å². The summed E-state index contributed by atoms with van der Waals surface area (Å²) in [5.74, 6) is 1.04. The highest BCUT2D eigenvalue weighted by molar-refractivity contribution is 6.30. The molecule has 0 aliphatic heterocycles. The lowest BCUT2D eigenvalue weighted by Gasteiger charge is -2.14. The van der Waals surface area contributed by atoms with E-state index in [-0.39, 0.29) is 12.2 Å². The van der Waals surface area contributed by atoms with E-state index in [9.17, 15) is 10.1 Å². The summed E-state index contributed by atoms with van der Waals surface area (Å²) in [5.41, 5.74) is 0.612. The maximum absolute atomic E-state index is 12.2. The molecule has 0 aliphatic carbocycles. The van der Waals surface area contributed by atoms with Crippen LogP contribution < -0.4 is 19.5 Å². The second kappa shape index (κ2) is 9.54. The Balaban J connectivity index is 2.11. The average molecular weight is 375 g/mol. The maximum atomic E-state index is 12.2. The highest BCUT2D eigenvalue weighted by Gasteiger charge is 2.14. The number of nitrogens with one attached hydrogen (secondary N) is 1. The zero-order valence-electron chi connectivity index (χ0n) is 14.5. The number of halogens is 1. The maximum Gasteiger partial charge on any atom is 0.262 e. The fourth-order valence-electron chi connectivity index (χ4n) is 2.16. The van der Waals surface area contributed by atoms with E-state index in [0.29, 0.717) is 41.2 Å². The highest BCUT2D eigenvalue weighted by Crippen LogP contribution is 2.33. The normalized spacial score (nSPS) is 9.92. The molecule has 26 heavy (non-hydrogen) atoms. The van der Waals surface area contributed by atoms with Gasteiger partial charge in [-0.25, -0.2) is 0 Å². The average Bonchev–Trinajstić information content (AvgIpc) is 2.63. The van der Waals surface area contributed by atoms with Crippen LogP contribution in [0.15, 0.2) is 36.4 Å². The number of nitrogens with zero attached hydrogens (tertiary/aromatic N) is 1. The first kappa shape index (κ1) is 19.4. The quantitative estimate of drug-likeness (QED) is 0.754. The van der Waals surface area contributed by atoms with Gasteiger partial charge in [0.15, 0.2) is 18.1 Å². The molecule has 1 N–H and O–H groups in total. The number of carbonyl (C=O) groups is 1. The minimum Gasteiger partial charge on any atom is -0.490 e. The Bertz CT molecular complexity index is 800. The Morgan fingerprint density at radius 2 is 1.69 bits per heavy atom. The van der Waals surface area contributed by atoms with Crippen LogP contribution in [0, 0.1) is 11.3 Å². The van der Waals surface area contributed by atoms with E-state index < -0.39 is 5.91 Å². The van der Waals surface area contributed by atoms with Gasteiger partial charge in [0.2, 0.25) is 0 Å². The van der Waals surface area contributed by atoms with Crippen LogP contribution in [0.5, 0.6) is 17.2 Å². The van der Waals surface area contributed by atoms with Crippen LogP contribution in [0.3, 0.4) is 0 Å². The van der Waals surface area contributed by atoms with Crippen molar-refractivity contribution in [3.8, 4) is 23.3 Å². The van der Waals surface area contributed by atoms with Crippen molar-refractivity contribution < 1.29 is 19.0 Å². The first-order valence-corrected chi connectivity index (χ1v) is 8.47. The molecule has 0 heterocycles. The highest BCUT2D eigenvalue weighted by atomic mass is 35.5. The second-order valence-electron chi connectivity index (χ2n) is 5.11. The lowest BCUT2D eigenvalue weighted by Crippen LogP contribution is -2.20. The van der Waals surface area contributed by atoms with Gasteiger partial charge in [-0.2, -0.15) is 5.26 Å². The van der Waals surface area contributed by atoms with E-state index in [1.165, 1.54) is 0 Å². The van der Waals surface area contributed by atoms with Crippen molar-refractivity contribution in [2.45, 2.75) is 13.8 Å². The zero-order valence-corrected chi connectivity index (χ0v) is 15.3. The first-order valence-electron chi connectivity index (χ1n) is 8.09. The molecule has 2 aromatic carbocycles. The largest absolute Gasteiger partial charge is 0.490 e.